The maximum atomic E-state index is 3.78. The molecule has 0 N–H and O–H groups in total. The van der Waals surface area contributed by atoms with Crippen LogP contribution in [0.5, 0.6) is 0 Å². The third kappa shape index (κ3) is 3.43. The average Bonchev–Trinajstić information content (AvgIpc) is 1.64. The van der Waals surface area contributed by atoms with Crippen molar-refractivity contribution in [3.05, 3.63) is 42.3 Å². The van der Waals surface area contributed by atoms with Crippen molar-refractivity contribution < 1.29 is 51.4 Å². The predicted octanol–water partition coefficient (Wildman–Crippen LogP) is -0.819. The zero-order chi connectivity index (χ0) is 5.98. The molecule has 0 unspecified atom stereocenters. The maximum Gasteiger partial charge on any atom is 1.00 e. The second-order valence-corrected chi connectivity index (χ2v) is 1.99. The van der Waals surface area contributed by atoms with Crippen molar-refractivity contribution in [2.24, 2.45) is 0 Å². The molecule has 1 aromatic carbocycles. The van der Waals surface area contributed by atoms with E-state index in [1.165, 1.54) is 5.56 Å². The van der Waals surface area contributed by atoms with Gasteiger partial charge in [0.2, 0.25) is 0 Å². The second-order valence-electron chi connectivity index (χ2n) is 1.99. The smallest absolute Gasteiger partial charge is 0.199 e. The summed E-state index contributed by atoms with van der Waals surface area (Å²) in [7, 11) is 0. The Labute approximate surface area is 99.1 Å². The number of benzene rings is 1. The fourth-order valence-corrected chi connectivity index (χ4v) is 0.712. The molecule has 1 rings (SSSR count). The van der Waals surface area contributed by atoms with E-state index in [0.29, 0.717) is 0 Å². The first-order chi connectivity index (χ1) is 3.79. The Morgan fingerprint density at radius 1 is 1.33 bits per heavy atom. The van der Waals surface area contributed by atoms with Gasteiger partial charge in [0.25, 0.3) is 0 Å². The van der Waals surface area contributed by atoms with Gasteiger partial charge >= 0.3 is 51.4 Å². The first-order valence-corrected chi connectivity index (χ1v) is 2.67. The van der Waals surface area contributed by atoms with Gasteiger partial charge in [-0.15, -0.1) is 11.6 Å². The van der Waals surface area contributed by atoms with E-state index in [1.807, 2.05) is 12.1 Å². The molecule has 0 radical (unpaired) electrons. The zero-order valence-electron chi connectivity index (χ0n) is 6.02. The monoisotopic (exact) mass is 144 g/mol. The van der Waals surface area contributed by atoms with Gasteiger partial charge in [0.15, 0.2) is 0 Å². The Morgan fingerprint density at radius 2 is 2.00 bits per heavy atom. The van der Waals surface area contributed by atoms with E-state index in [2.05, 4.69) is 26.0 Å². The average molecular weight is 144 g/mol. The molecule has 0 saturated carbocycles. The summed E-state index contributed by atoms with van der Waals surface area (Å²) in [6, 6.07) is 8.12. The molecule has 0 aliphatic heterocycles. The first-order valence-electron chi connectivity index (χ1n) is 2.67. The predicted molar refractivity (Wildman–Crippen MR) is 35.6 cm³/mol. The van der Waals surface area contributed by atoms with Crippen LogP contribution in [-0.2, 0) is 0 Å². The van der Waals surface area contributed by atoms with Gasteiger partial charge in [-0.25, -0.2) is 0 Å². The molecule has 0 heterocycles. The van der Waals surface area contributed by atoms with Crippen LogP contribution < -0.4 is 51.4 Å². The van der Waals surface area contributed by atoms with Crippen LogP contribution in [-0.4, -0.2) is 0 Å². The topological polar surface area (TPSA) is 0 Å². The normalized spacial score (nSPS) is 8.11. The van der Waals surface area contributed by atoms with Crippen molar-refractivity contribution in [1.29, 1.82) is 0 Å². The molecule has 0 aromatic heterocycles. The summed E-state index contributed by atoms with van der Waals surface area (Å²) in [5.74, 6) is 0. The Bertz CT molecular complexity index is 164. The van der Waals surface area contributed by atoms with Crippen LogP contribution in [0.4, 0.5) is 0 Å². The molecule has 9 heavy (non-hydrogen) atoms. The van der Waals surface area contributed by atoms with Crippen LogP contribution in [0.25, 0.3) is 0 Å². The molecule has 0 nitrogen and oxygen atoms in total. The number of hydrogen-bond acceptors (Lipinski definition) is 0. The van der Waals surface area contributed by atoms with E-state index in [-0.39, 0.29) is 51.4 Å². The van der Waals surface area contributed by atoms with Crippen LogP contribution in [0, 0.1) is 13.8 Å². The van der Waals surface area contributed by atoms with E-state index in [4.69, 9.17) is 0 Å². The van der Waals surface area contributed by atoms with Crippen LogP contribution >= 0.6 is 0 Å². The van der Waals surface area contributed by atoms with Gasteiger partial charge < -0.3 is 0 Å². The molecule has 0 bridgehead atoms. The zero-order valence-corrected chi connectivity index (χ0v) is 9.14. The maximum absolute atomic E-state index is 3.78. The van der Waals surface area contributed by atoms with Gasteiger partial charge in [-0.2, -0.15) is 24.6 Å². The SMILES string of the molecule is [CH2-]c1cccc(C)c1.[K+]. The quantitative estimate of drug-likeness (QED) is 0.330. The summed E-state index contributed by atoms with van der Waals surface area (Å²) < 4.78 is 0. The van der Waals surface area contributed by atoms with Crippen LogP contribution in [0.2, 0.25) is 0 Å². The van der Waals surface area contributed by atoms with Gasteiger partial charge in [0.1, 0.15) is 0 Å². The van der Waals surface area contributed by atoms with Crippen molar-refractivity contribution in [1.82, 2.24) is 0 Å². The molecule has 42 valence electrons. The molecule has 0 amide bonds. The molecule has 0 fully saturated rings. The molecule has 1 heteroatoms. The molecule has 0 aliphatic rings. The second kappa shape index (κ2) is 4.53. The van der Waals surface area contributed by atoms with Gasteiger partial charge in [-0.05, 0) is 0 Å². The largest absolute Gasteiger partial charge is 1.00 e. The summed E-state index contributed by atoms with van der Waals surface area (Å²) in [5, 5.41) is 0. The third-order valence-corrected chi connectivity index (χ3v) is 1.08. The fraction of sp³-hybridized carbons (Fsp3) is 0.125. The fourth-order valence-electron chi connectivity index (χ4n) is 0.712. The van der Waals surface area contributed by atoms with Crippen molar-refractivity contribution in [3.8, 4) is 0 Å². The van der Waals surface area contributed by atoms with Gasteiger partial charge in [0, 0.05) is 0 Å². The van der Waals surface area contributed by atoms with Gasteiger partial charge in [-0.3, -0.25) is 0 Å². The number of hydrogen-bond donors (Lipinski definition) is 0. The molecule has 0 saturated heterocycles. The molecule has 0 aliphatic carbocycles. The minimum Gasteiger partial charge on any atom is -0.199 e. The van der Waals surface area contributed by atoms with E-state index in [9.17, 15) is 0 Å². The molecule has 1 aromatic rings. The summed E-state index contributed by atoms with van der Waals surface area (Å²) in [4.78, 5) is 0. The van der Waals surface area contributed by atoms with Crippen LogP contribution in [0.3, 0.4) is 0 Å². The van der Waals surface area contributed by atoms with E-state index >= 15 is 0 Å². The van der Waals surface area contributed by atoms with Crippen molar-refractivity contribution in [3.63, 3.8) is 0 Å². The minimum absolute atomic E-state index is 0. The summed E-state index contributed by atoms with van der Waals surface area (Å²) in [5.41, 5.74) is 2.36. The molecule has 0 atom stereocenters. The summed E-state index contributed by atoms with van der Waals surface area (Å²) in [6.45, 7) is 5.85. The molecular weight excluding hydrogens is 135 g/mol. The van der Waals surface area contributed by atoms with Crippen molar-refractivity contribution in [2.75, 3.05) is 0 Å². The van der Waals surface area contributed by atoms with E-state index < -0.39 is 0 Å². The number of aryl methyl sites for hydroxylation is 1. The van der Waals surface area contributed by atoms with Crippen LogP contribution in [0.1, 0.15) is 11.1 Å². The molecule has 0 spiro atoms. The minimum atomic E-state index is 0. The van der Waals surface area contributed by atoms with Crippen molar-refractivity contribution >= 4 is 0 Å². The van der Waals surface area contributed by atoms with Crippen LogP contribution in [0.15, 0.2) is 24.3 Å². The van der Waals surface area contributed by atoms with E-state index in [0.717, 1.165) is 5.56 Å². The first kappa shape index (κ1) is 9.73. The Hall–Kier alpha value is 0.726. The van der Waals surface area contributed by atoms with Gasteiger partial charge in [0.05, 0.1) is 0 Å². The Morgan fingerprint density at radius 3 is 2.33 bits per heavy atom. The standard InChI is InChI=1S/C8H9.K/c1-7-4-3-5-8(2)6-7;/h3-6H,1H2,2H3;/q-1;+1. The summed E-state index contributed by atoms with van der Waals surface area (Å²) in [6.07, 6.45) is 0. The van der Waals surface area contributed by atoms with E-state index in [1.54, 1.807) is 0 Å². The summed E-state index contributed by atoms with van der Waals surface area (Å²) >= 11 is 0. The van der Waals surface area contributed by atoms with Crippen molar-refractivity contribution in [2.45, 2.75) is 6.92 Å². The Kier molecular flexibility index (Phi) is 4.89. The Balaban J connectivity index is 0.000000640. The molecular formula is C8H9K. The number of rotatable bonds is 0. The third-order valence-electron chi connectivity index (χ3n) is 1.08. The van der Waals surface area contributed by atoms with Gasteiger partial charge in [-0.1, -0.05) is 13.0 Å².